The number of H-pyrrole nitrogens is 1. The summed E-state index contributed by atoms with van der Waals surface area (Å²) in [6, 6.07) is 7.33. The molecule has 148 valence electrons. The van der Waals surface area contributed by atoms with Crippen molar-refractivity contribution in [3.63, 3.8) is 0 Å². The zero-order valence-electron chi connectivity index (χ0n) is 16.2. The third-order valence-electron chi connectivity index (χ3n) is 4.96. The smallest absolute Gasteiger partial charge is 0.255 e. The Hall–Kier alpha value is -3.55. The van der Waals surface area contributed by atoms with Crippen LogP contribution in [0.1, 0.15) is 24.1 Å². The lowest BCUT2D eigenvalue weighted by atomic mass is 10.1. The van der Waals surface area contributed by atoms with Gasteiger partial charge in [-0.3, -0.25) is 14.6 Å². The summed E-state index contributed by atoms with van der Waals surface area (Å²) in [5.74, 6) is 1.07. The van der Waals surface area contributed by atoms with Crippen molar-refractivity contribution in [3.8, 4) is 11.4 Å². The second-order valence-corrected chi connectivity index (χ2v) is 7.04. The van der Waals surface area contributed by atoms with Gasteiger partial charge in [0, 0.05) is 42.3 Å². The van der Waals surface area contributed by atoms with Crippen LogP contribution in [0.15, 0.2) is 47.7 Å². The Morgan fingerprint density at radius 1 is 1.21 bits per heavy atom. The van der Waals surface area contributed by atoms with Gasteiger partial charge < -0.3 is 15.2 Å². The number of anilines is 2. The minimum Gasteiger partial charge on any atom is -0.357 e. The van der Waals surface area contributed by atoms with Crippen LogP contribution in [0, 0.1) is 6.92 Å². The maximum Gasteiger partial charge on any atom is 0.255 e. The molecule has 8 heteroatoms. The molecule has 0 saturated carbocycles. The highest BCUT2D eigenvalue weighted by atomic mass is 16.2. The van der Waals surface area contributed by atoms with Gasteiger partial charge in [0.15, 0.2) is 0 Å². The Bertz CT molecular complexity index is 1060. The van der Waals surface area contributed by atoms with Crippen molar-refractivity contribution in [1.29, 1.82) is 0 Å². The summed E-state index contributed by atoms with van der Waals surface area (Å²) in [6.07, 6.45) is 7.23. The topological polar surface area (TPSA) is 104 Å². The van der Waals surface area contributed by atoms with Gasteiger partial charge in [-0.25, -0.2) is 9.97 Å². The summed E-state index contributed by atoms with van der Waals surface area (Å²) < 4.78 is 0. The van der Waals surface area contributed by atoms with E-state index in [1.807, 2.05) is 18.2 Å². The van der Waals surface area contributed by atoms with E-state index in [0.717, 1.165) is 18.9 Å². The predicted octanol–water partition coefficient (Wildman–Crippen LogP) is 2.32. The van der Waals surface area contributed by atoms with Crippen LogP contribution >= 0.6 is 0 Å². The molecule has 1 fully saturated rings. The van der Waals surface area contributed by atoms with E-state index in [1.165, 1.54) is 12.8 Å². The van der Waals surface area contributed by atoms with Crippen molar-refractivity contribution in [3.05, 3.63) is 64.5 Å². The number of pyridine rings is 2. The molecule has 0 unspecified atom stereocenters. The van der Waals surface area contributed by atoms with E-state index in [1.54, 1.807) is 31.6 Å². The van der Waals surface area contributed by atoms with Crippen molar-refractivity contribution < 1.29 is 4.79 Å². The third-order valence-corrected chi connectivity index (χ3v) is 4.96. The van der Waals surface area contributed by atoms with Crippen LogP contribution in [-0.4, -0.2) is 38.9 Å². The number of hydrogen-bond acceptors (Lipinski definition) is 6. The number of nitrogens with one attached hydrogen (secondary N) is 2. The minimum absolute atomic E-state index is 0.0602. The second-order valence-electron chi connectivity index (χ2n) is 7.04. The summed E-state index contributed by atoms with van der Waals surface area (Å²) in [7, 11) is 0. The van der Waals surface area contributed by atoms with Gasteiger partial charge >= 0.3 is 0 Å². The molecule has 1 saturated heterocycles. The fourth-order valence-corrected chi connectivity index (χ4v) is 3.42. The number of hydrogen-bond donors (Lipinski definition) is 2. The lowest BCUT2D eigenvalue weighted by Crippen LogP contribution is -2.24. The number of aromatic amines is 1. The molecule has 29 heavy (non-hydrogen) atoms. The zero-order chi connectivity index (χ0) is 20.2. The highest BCUT2D eigenvalue weighted by Crippen LogP contribution is 2.19. The average Bonchev–Trinajstić information content (AvgIpc) is 3.27. The van der Waals surface area contributed by atoms with Gasteiger partial charge in [-0.2, -0.15) is 0 Å². The second kappa shape index (κ2) is 8.22. The van der Waals surface area contributed by atoms with Crippen LogP contribution in [-0.2, 0) is 11.2 Å². The first-order valence-electron chi connectivity index (χ1n) is 9.61. The number of carbonyl (C=O) groups excluding carboxylic acids is 1. The molecule has 1 aliphatic rings. The molecule has 3 aromatic heterocycles. The molecule has 4 heterocycles. The van der Waals surface area contributed by atoms with Gasteiger partial charge in [-0.15, -0.1) is 0 Å². The lowest BCUT2D eigenvalue weighted by Gasteiger charge is -2.16. The van der Waals surface area contributed by atoms with Crippen molar-refractivity contribution in [2.45, 2.75) is 26.2 Å². The largest absolute Gasteiger partial charge is 0.357 e. The summed E-state index contributed by atoms with van der Waals surface area (Å²) in [5, 5.41) is 2.80. The number of aryl methyl sites for hydroxylation is 1. The predicted molar refractivity (Wildman–Crippen MR) is 111 cm³/mol. The van der Waals surface area contributed by atoms with Gasteiger partial charge in [0.1, 0.15) is 11.6 Å². The SMILES string of the molecule is Cc1nc(-c2cccnc2)[nH]c(=O)c1CC(=O)Nc1ccc(N2CCCC2)nc1. The van der Waals surface area contributed by atoms with Crippen molar-refractivity contribution in [2.24, 2.45) is 0 Å². The quantitative estimate of drug-likeness (QED) is 0.693. The van der Waals surface area contributed by atoms with Gasteiger partial charge in [-0.1, -0.05) is 0 Å². The molecule has 0 radical (unpaired) electrons. The molecule has 0 spiro atoms. The van der Waals surface area contributed by atoms with E-state index >= 15 is 0 Å². The monoisotopic (exact) mass is 390 g/mol. The van der Waals surface area contributed by atoms with Crippen LogP contribution in [0.25, 0.3) is 11.4 Å². The molecular formula is C21H22N6O2. The van der Waals surface area contributed by atoms with Crippen LogP contribution in [0.4, 0.5) is 11.5 Å². The van der Waals surface area contributed by atoms with Crippen molar-refractivity contribution in [1.82, 2.24) is 19.9 Å². The summed E-state index contributed by atoms with van der Waals surface area (Å²) in [6.45, 7) is 3.76. The first-order valence-corrected chi connectivity index (χ1v) is 9.61. The van der Waals surface area contributed by atoms with Crippen LogP contribution in [0.5, 0.6) is 0 Å². The van der Waals surface area contributed by atoms with E-state index in [0.29, 0.717) is 28.3 Å². The fraction of sp³-hybridized carbons (Fsp3) is 0.286. The van der Waals surface area contributed by atoms with E-state index < -0.39 is 0 Å². The van der Waals surface area contributed by atoms with E-state index in [-0.39, 0.29) is 17.9 Å². The summed E-state index contributed by atoms with van der Waals surface area (Å²) >= 11 is 0. The molecule has 8 nitrogen and oxygen atoms in total. The summed E-state index contributed by atoms with van der Waals surface area (Å²) in [4.78, 5) is 42.8. The molecule has 0 aromatic carbocycles. The Kier molecular flexibility index (Phi) is 5.33. The standard InChI is InChI=1S/C21H22N6O2/c1-14-17(21(29)26-20(24-14)15-5-4-8-22-12-15)11-19(28)25-16-6-7-18(23-13-16)27-9-2-3-10-27/h4-8,12-13H,2-3,9-11H2,1H3,(H,25,28)(H,24,26,29). The number of rotatable bonds is 5. The Morgan fingerprint density at radius 3 is 2.69 bits per heavy atom. The van der Waals surface area contributed by atoms with Crippen LogP contribution < -0.4 is 15.8 Å². The lowest BCUT2D eigenvalue weighted by molar-refractivity contribution is -0.115. The molecule has 1 amide bonds. The van der Waals surface area contributed by atoms with Gasteiger partial charge in [0.05, 0.1) is 18.3 Å². The van der Waals surface area contributed by atoms with E-state index in [4.69, 9.17) is 0 Å². The molecule has 0 atom stereocenters. The normalized spacial score (nSPS) is 13.5. The Labute approximate surface area is 168 Å². The maximum atomic E-state index is 12.5. The molecular weight excluding hydrogens is 368 g/mol. The van der Waals surface area contributed by atoms with Gasteiger partial charge in [0.25, 0.3) is 5.56 Å². The summed E-state index contributed by atoms with van der Waals surface area (Å²) in [5.41, 5.74) is 1.86. The molecule has 2 N–H and O–H groups in total. The van der Waals surface area contributed by atoms with Crippen LogP contribution in [0.3, 0.4) is 0 Å². The average molecular weight is 390 g/mol. The van der Waals surface area contributed by atoms with Gasteiger partial charge in [-0.05, 0) is 44.0 Å². The highest BCUT2D eigenvalue weighted by Gasteiger charge is 2.15. The number of nitrogens with zero attached hydrogens (tertiary/aromatic N) is 4. The molecule has 3 aromatic rings. The molecule has 1 aliphatic heterocycles. The third kappa shape index (κ3) is 4.31. The first-order chi connectivity index (χ1) is 14.1. The first kappa shape index (κ1) is 18.8. The fourth-order valence-electron chi connectivity index (χ4n) is 3.42. The number of amides is 1. The van der Waals surface area contributed by atoms with E-state index in [2.05, 4.69) is 30.2 Å². The molecule has 4 rings (SSSR count). The van der Waals surface area contributed by atoms with E-state index in [9.17, 15) is 9.59 Å². The van der Waals surface area contributed by atoms with Crippen molar-refractivity contribution >= 4 is 17.4 Å². The number of aromatic nitrogens is 4. The number of carbonyl (C=O) groups is 1. The van der Waals surface area contributed by atoms with Crippen molar-refractivity contribution in [2.75, 3.05) is 23.3 Å². The molecule has 0 bridgehead atoms. The minimum atomic E-state index is -0.325. The Morgan fingerprint density at radius 2 is 2.03 bits per heavy atom. The Balaban J connectivity index is 1.45. The maximum absolute atomic E-state index is 12.5. The van der Waals surface area contributed by atoms with Crippen LogP contribution in [0.2, 0.25) is 0 Å². The molecule has 0 aliphatic carbocycles. The zero-order valence-corrected chi connectivity index (χ0v) is 16.2. The van der Waals surface area contributed by atoms with Gasteiger partial charge in [0.2, 0.25) is 5.91 Å². The highest BCUT2D eigenvalue weighted by molar-refractivity contribution is 5.92.